The summed E-state index contributed by atoms with van der Waals surface area (Å²) in [4.78, 5) is 28.0. The molecule has 138 valence electrons. The summed E-state index contributed by atoms with van der Waals surface area (Å²) in [5.74, 6) is -0.399. The van der Waals surface area contributed by atoms with Gasteiger partial charge in [0.1, 0.15) is 11.1 Å². The van der Waals surface area contributed by atoms with Gasteiger partial charge in [-0.3, -0.25) is 14.5 Å². The first kappa shape index (κ1) is 17.5. The number of hydrogen-bond donors (Lipinski definition) is 0. The molecular weight excluding hydrogens is 466 g/mol. The maximum absolute atomic E-state index is 13.4. The van der Waals surface area contributed by atoms with Gasteiger partial charge in [-0.25, -0.2) is 0 Å². The van der Waals surface area contributed by atoms with Crippen LogP contribution in [0.1, 0.15) is 27.7 Å². The van der Waals surface area contributed by atoms with Crippen LogP contribution in [-0.2, 0) is 0 Å². The molecule has 1 aliphatic rings. The van der Waals surface area contributed by atoms with E-state index in [0.29, 0.717) is 21.1 Å². The van der Waals surface area contributed by atoms with Crippen molar-refractivity contribution in [2.24, 2.45) is 0 Å². The summed E-state index contributed by atoms with van der Waals surface area (Å²) in [5.41, 5.74) is 2.65. The van der Waals surface area contributed by atoms with Crippen molar-refractivity contribution in [1.82, 2.24) is 10.2 Å². The molecule has 1 atom stereocenters. The highest BCUT2D eigenvalue weighted by Gasteiger charge is 2.44. The predicted molar refractivity (Wildman–Crippen MR) is 110 cm³/mol. The Hall–Kier alpha value is -2.55. The molecule has 2 aromatic carbocycles. The second kappa shape index (κ2) is 6.51. The molecule has 6 nitrogen and oxygen atoms in total. The first-order valence-electron chi connectivity index (χ1n) is 8.16. The van der Waals surface area contributed by atoms with E-state index >= 15 is 0 Å². The smallest absolute Gasteiger partial charge is 0.297 e. The lowest BCUT2D eigenvalue weighted by atomic mass is 9.99. The molecule has 1 unspecified atom stereocenters. The fourth-order valence-corrected chi connectivity index (χ4v) is 4.45. The van der Waals surface area contributed by atoms with Crippen LogP contribution in [0.25, 0.3) is 11.0 Å². The van der Waals surface area contributed by atoms with E-state index in [1.807, 2.05) is 0 Å². The molecule has 1 amide bonds. The number of nitrogens with zero attached hydrogens (tertiary/aromatic N) is 3. The molecule has 0 saturated carbocycles. The number of carbonyl (C=O) groups excluding carboxylic acids is 1. The molecule has 0 N–H and O–H groups in total. The summed E-state index contributed by atoms with van der Waals surface area (Å²) in [6, 6.07) is 11.5. The second-order valence-electron chi connectivity index (χ2n) is 6.17. The standard InChI is InChI=1S/C19H9BrClN3O3S/c20-10-3-6-13-12(7-10)16(25)14-15(9-1-4-11(21)5-2-9)24(18(26)17(14)27-13)19-23-22-8-28-19/h1-8,15H. The van der Waals surface area contributed by atoms with Crippen molar-refractivity contribution >= 4 is 60.9 Å². The number of amides is 1. The van der Waals surface area contributed by atoms with E-state index < -0.39 is 11.9 Å². The molecule has 2 aromatic heterocycles. The number of halogens is 2. The largest absolute Gasteiger partial charge is 0.450 e. The van der Waals surface area contributed by atoms with Crippen molar-refractivity contribution in [2.75, 3.05) is 4.90 Å². The van der Waals surface area contributed by atoms with Crippen LogP contribution in [0.3, 0.4) is 0 Å². The molecule has 1 aliphatic heterocycles. The maximum Gasteiger partial charge on any atom is 0.297 e. The molecule has 0 fully saturated rings. The van der Waals surface area contributed by atoms with Gasteiger partial charge in [0.25, 0.3) is 5.91 Å². The van der Waals surface area contributed by atoms with Crippen LogP contribution in [-0.4, -0.2) is 16.1 Å². The summed E-state index contributed by atoms with van der Waals surface area (Å²) in [5, 5.41) is 9.22. The van der Waals surface area contributed by atoms with E-state index in [1.165, 1.54) is 21.7 Å². The molecular formula is C19H9BrClN3O3S. The Morgan fingerprint density at radius 3 is 2.64 bits per heavy atom. The lowest BCUT2D eigenvalue weighted by Crippen LogP contribution is -2.29. The number of anilines is 1. The van der Waals surface area contributed by atoms with Crippen LogP contribution < -0.4 is 10.3 Å². The van der Waals surface area contributed by atoms with Gasteiger partial charge >= 0.3 is 0 Å². The van der Waals surface area contributed by atoms with E-state index in [2.05, 4.69) is 26.1 Å². The van der Waals surface area contributed by atoms with Crippen LogP contribution in [0.15, 0.2) is 61.7 Å². The molecule has 3 heterocycles. The highest BCUT2D eigenvalue weighted by molar-refractivity contribution is 9.10. The second-order valence-corrected chi connectivity index (χ2v) is 8.33. The quantitative estimate of drug-likeness (QED) is 0.417. The number of fused-ring (bicyclic) bond motifs is 2. The molecule has 9 heteroatoms. The van der Waals surface area contributed by atoms with E-state index in [4.69, 9.17) is 16.0 Å². The molecule has 0 saturated heterocycles. The number of benzene rings is 2. The van der Waals surface area contributed by atoms with Crippen LogP contribution in [0.2, 0.25) is 5.02 Å². The topological polar surface area (TPSA) is 76.3 Å². The Kier molecular flexibility index (Phi) is 4.08. The zero-order chi connectivity index (χ0) is 19.4. The molecule has 0 spiro atoms. The summed E-state index contributed by atoms with van der Waals surface area (Å²) in [7, 11) is 0. The molecule has 4 aromatic rings. The highest BCUT2D eigenvalue weighted by Crippen LogP contribution is 2.41. The third kappa shape index (κ3) is 2.60. The van der Waals surface area contributed by atoms with Crippen molar-refractivity contribution in [2.45, 2.75) is 6.04 Å². The number of hydrogen-bond acceptors (Lipinski definition) is 6. The number of aromatic nitrogens is 2. The van der Waals surface area contributed by atoms with Gasteiger partial charge in [-0.2, -0.15) is 0 Å². The van der Waals surface area contributed by atoms with E-state index in [9.17, 15) is 9.59 Å². The average Bonchev–Trinajstić information content (AvgIpc) is 3.30. The van der Waals surface area contributed by atoms with Gasteiger partial charge in [0.15, 0.2) is 5.43 Å². The Labute approximate surface area is 175 Å². The van der Waals surface area contributed by atoms with Crippen molar-refractivity contribution in [1.29, 1.82) is 0 Å². The normalized spacial score (nSPS) is 16.0. The Morgan fingerprint density at radius 2 is 1.93 bits per heavy atom. The first-order valence-corrected chi connectivity index (χ1v) is 10.2. The Balaban J connectivity index is 1.83. The number of rotatable bonds is 2. The van der Waals surface area contributed by atoms with Crippen molar-refractivity contribution in [3.8, 4) is 0 Å². The lowest BCUT2D eigenvalue weighted by Gasteiger charge is -2.22. The third-order valence-electron chi connectivity index (χ3n) is 4.57. The van der Waals surface area contributed by atoms with Gasteiger partial charge < -0.3 is 4.42 Å². The minimum Gasteiger partial charge on any atom is -0.450 e. The van der Waals surface area contributed by atoms with Crippen molar-refractivity contribution in [3.05, 3.63) is 84.6 Å². The summed E-state index contributed by atoms with van der Waals surface area (Å²) in [6.45, 7) is 0. The lowest BCUT2D eigenvalue weighted by molar-refractivity contribution is 0.0970. The third-order valence-corrected chi connectivity index (χ3v) is 6.01. The summed E-state index contributed by atoms with van der Waals surface area (Å²) >= 11 is 10.6. The van der Waals surface area contributed by atoms with Crippen LogP contribution in [0, 0.1) is 0 Å². The Bertz CT molecular complexity index is 1290. The summed E-state index contributed by atoms with van der Waals surface area (Å²) in [6.07, 6.45) is 0. The van der Waals surface area contributed by atoms with Gasteiger partial charge in [-0.05, 0) is 35.9 Å². The highest BCUT2D eigenvalue weighted by atomic mass is 79.9. The number of carbonyl (C=O) groups is 1. The molecule has 5 rings (SSSR count). The summed E-state index contributed by atoms with van der Waals surface area (Å²) < 4.78 is 6.62. The van der Waals surface area contributed by atoms with Gasteiger partial charge in [0.05, 0.1) is 17.0 Å². The van der Waals surface area contributed by atoms with Gasteiger partial charge in [-0.15, -0.1) is 10.2 Å². The van der Waals surface area contributed by atoms with Crippen molar-refractivity contribution < 1.29 is 9.21 Å². The molecule has 0 radical (unpaired) electrons. The average molecular weight is 475 g/mol. The monoisotopic (exact) mass is 473 g/mol. The fourth-order valence-electron chi connectivity index (χ4n) is 3.38. The van der Waals surface area contributed by atoms with E-state index in [-0.39, 0.29) is 16.8 Å². The minimum absolute atomic E-state index is 0.0231. The fraction of sp³-hybridized carbons (Fsp3) is 0.0526. The predicted octanol–water partition coefficient (Wildman–Crippen LogP) is 4.81. The van der Waals surface area contributed by atoms with Crippen LogP contribution >= 0.6 is 38.9 Å². The van der Waals surface area contributed by atoms with E-state index in [0.717, 1.165) is 10.0 Å². The van der Waals surface area contributed by atoms with E-state index in [1.54, 1.807) is 42.5 Å². The zero-order valence-corrected chi connectivity index (χ0v) is 17.1. The Morgan fingerprint density at radius 1 is 1.14 bits per heavy atom. The van der Waals surface area contributed by atoms with Crippen molar-refractivity contribution in [3.63, 3.8) is 0 Å². The van der Waals surface area contributed by atoms with Gasteiger partial charge in [-0.1, -0.05) is 51.0 Å². The van der Waals surface area contributed by atoms with Gasteiger partial charge in [0.2, 0.25) is 10.9 Å². The van der Waals surface area contributed by atoms with Crippen LogP contribution in [0.5, 0.6) is 0 Å². The first-order chi connectivity index (χ1) is 13.5. The zero-order valence-electron chi connectivity index (χ0n) is 13.9. The molecule has 0 bridgehead atoms. The molecule has 0 aliphatic carbocycles. The van der Waals surface area contributed by atoms with Crippen LogP contribution in [0.4, 0.5) is 5.13 Å². The maximum atomic E-state index is 13.4. The molecule has 28 heavy (non-hydrogen) atoms. The minimum atomic E-state index is -0.674. The SMILES string of the molecule is O=C1c2oc3ccc(Br)cc3c(=O)c2C(c2ccc(Cl)cc2)N1c1nncs1. The van der Waals surface area contributed by atoms with Gasteiger partial charge in [0, 0.05) is 9.50 Å².